The molecule has 3 amide bonds. The van der Waals surface area contributed by atoms with Crippen LogP contribution in [0.2, 0.25) is 0 Å². The van der Waals surface area contributed by atoms with Gasteiger partial charge in [0.25, 0.3) is 5.91 Å². The Morgan fingerprint density at radius 1 is 0.946 bits per heavy atom. The Morgan fingerprint density at radius 3 is 2.16 bits per heavy atom. The zero-order chi connectivity index (χ0) is 26.1. The van der Waals surface area contributed by atoms with Crippen LogP contribution < -0.4 is 5.32 Å². The molecule has 0 aromatic heterocycles. The van der Waals surface area contributed by atoms with Crippen LogP contribution in [0.1, 0.15) is 22.3 Å². The van der Waals surface area contributed by atoms with Crippen molar-refractivity contribution in [2.75, 3.05) is 19.0 Å². The molecule has 0 spiro atoms. The van der Waals surface area contributed by atoms with Gasteiger partial charge < -0.3 is 14.8 Å². The first-order chi connectivity index (χ1) is 17.9. The molecular formula is C28H26N2O7. The lowest BCUT2D eigenvalue weighted by Crippen LogP contribution is -2.48. The van der Waals surface area contributed by atoms with Crippen LogP contribution in [0.15, 0.2) is 66.7 Å². The molecule has 1 N–H and O–H groups in total. The molecule has 2 bridgehead atoms. The summed E-state index contributed by atoms with van der Waals surface area (Å²) < 4.78 is 9.95. The second-order valence-electron chi connectivity index (χ2n) is 9.48. The summed E-state index contributed by atoms with van der Waals surface area (Å²) >= 11 is 0. The monoisotopic (exact) mass is 502 g/mol. The highest BCUT2D eigenvalue weighted by Crippen LogP contribution is 2.53. The molecule has 5 atom stereocenters. The Morgan fingerprint density at radius 2 is 1.57 bits per heavy atom. The maximum absolute atomic E-state index is 13.4. The quantitative estimate of drug-likeness (QED) is 0.334. The van der Waals surface area contributed by atoms with Gasteiger partial charge in [-0.15, -0.1) is 0 Å². The summed E-state index contributed by atoms with van der Waals surface area (Å²) in [5, 5.41) is 2.59. The summed E-state index contributed by atoms with van der Waals surface area (Å²) in [5.74, 6) is -3.47. The van der Waals surface area contributed by atoms with Crippen molar-refractivity contribution in [3.05, 3.63) is 77.9 Å². The first kappa shape index (κ1) is 24.4. The summed E-state index contributed by atoms with van der Waals surface area (Å²) in [6.45, 7) is -0.598. The van der Waals surface area contributed by atoms with Crippen LogP contribution in [0.5, 0.6) is 0 Å². The molecule has 9 heteroatoms. The predicted octanol–water partition coefficient (Wildman–Crippen LogP) is 2.37. The van der Waals surface area contributed by atoms with Crippen molar-refractivity contribution < 1.29 is 33.4 Å². The van der Waals surface area contributed by atoms with Crippen LogP contribution >= 0.6 is 0 Å². The minimum Gasteiger partial charge on any atom is -0.465 e. The van der Waals surface area contributed by atoms with E-state index in [-0.39, 0.29) is 30.1 Å². The van der Waals surface area contributed by atoms with Crippen molar-refractivity contribution in [2.24, 2.45) is 23.7 Å². The molecule has 0 unspecified atom stereocenters. The van der Waals surface area contributed by atoms with E-state index >= 15 is 0 Å². The number of methoxy groups -OCH3 is 1. The number of ether oxygens (including phenoxy) is 2. The topological polar surface area (TPSA) is 119 Å². The molecule has 37 heavy (non-hydrogen) atoms. The third kappa shape index (κ3) is 4.64. The smallest absolute Gasteiger partial charge is 0.337 e. The molecular weight excluding hydrogens is 476 g/mol. The van der Waals surface area contributed by atoms with Gasteiger partial charge in [0.05, 0.1) is 24.5 Å². The highest BCUT2D eigenvalue weighted by molar-refractivity contribution is 6.09. The van der Waals surface area contributed by atoms with E-state index in [4.69, 9.17) is 4.74 Å². The number of imide groups is 1. The van der Waals surface area contributed by atoms with Crippen molar-refractivity contribution in [1.29, 1.82) is 0 Å². The van der Waals surface area contributed by atoms with E-state index in [9.17, 15) is 24.0 Å². The van der Waals surface area contributed by atoms with Gasteiger partial charge in [-0.3, -0.25) is 19.3 Å². The fraction of sp³-hybridized carbons (Fsp3) is 0.321. The first-order valence-corrected chi connectivity index (χ1v) is 12.1. The lowest BCUT2D eigenvalue weighted by molar-refractivity contribution is -0.160. The molecule has 0 radical (unpaired) electrons. The van der Waals surface area contributed by atoms with Crippen molar-refractivity contribution >= 4 is 35.3 Å². The number of hydrogen-bond acceptors (Lipinski definition) is 7. The average Bonchev–Trinajstić information content (AvgIpc) is 3.60. The van der Waals surface area contributed by atoms with Crippen molar-refractivity contribution in [3.63, 3.8) is 0 Å². The van der Waals surface area contributed by atoms with Crippen LogP contribution in [0.25, 0.3) is 0 Å². The molecule has 3 aliphatic rings. The minimum atomic E-state index is -1.17. The maximum atomic E-state index is 13.4. The Bertz CT molecular complexity index is 1240. The van der Waals surface area contributed by atoms with Crippen LogP contribution in [0, 0.1) is 23.7 Å². The van der Waals surface area contributed by atoms with Crippen LogP contribution in [-0.2, 0) is 35.1 Å². The predicted molar refractivity (Wildman–Crippen MR) is 131 cm³/mol. The number of anilines is 1. The van der Waals surface area contributed by atoms with Gasteiger partial charge in [0.2, 0.25) is 11.8 Å². The van der Waals surface area contributed by atoms with Crippen molar-refractivity contribution in [1.82, 2.24) is 4.90 Å². The lowest BCUT2D eigenvalue weighted by Gasteiger charge is -2.26. The zero-order valence-corrected chi connectivity index (χ0v) is 20.2. The number of benzene rings is 2. The Labute approximate surface area is 213 Å². The highest BCUT2D eigenvalue weighted by Gasteiger charge is 2.61. The van der Waals surface area contributed by atoms with E-state index in [0.29, 0.717) is 11.3 Å². The molecule has 1 aliphatic heterocycles. The number of allylic oxidation sites excluding steroid dienone is 2. The minimum absolute atomic E-state index is 0.0150. The van der Waals surface area contributed by atoms with E-state index in [0.717, 1.165) is 16.9 Å². The Kier molecular flexibility index (Phi) is 6.60. The normalized spacial score (nSPS) is 24.1. The molecule has 5 rings (SSSR count). The van der Waals surface area contributed by atoms with Crippen molar-refractivity contribution in [3.8, 4) is 0 Å². The van der Waals surface area contributed by atoms with Crippen LogP contribution in [-0.4, -0.2) is 54.3 Å². The molecule has 2 aromatic rings. The number of amides is 3. The van der Waals surface area contributed by atoms with Crippen LogP contribution in [0.4, 0.5) is 5.69 Å². The molecule has 1 saturated carbocycles. The maximum Gasteiger partial charge on any atom is 0.337 e. The molecule has 2 aromatic carbocycles. The summed E-state index contributed by atoms with van der Waals surface area (Å²) in [7, 11) is 1.27. The summed E-state index contributed by atoms with van der Waals surface area (Å²) in [5.41, 5.74) is 1.48. The highest BCUT2D eigenvalue weighted by atomic mass is 16.5. The fourth-order valence-electron chi connectivity index (χ4n) is 5.59. The number of rotatable bonds is 8. The third-order valence-corrected chi connectivity index (χ3v) is 7.30. The number of hydrogen-bond donors (Lipinski definition) is 1. The van der Waals surface area contributed by atoms with E-state index in [1.54, 1.807) is 0 Å². The van der Waals surface area contributed by atoms with E-state index in [2.05, 4.69) is 10.1 Å². The molecule has 2 aliphatic carbocycles. The summed E-state index contributed by atoms with van der Waals surface area (Å²) in [6.07, 6.45) is 4.87. The molecule has 190 valence electrons. The SMILES string of the molecule is COC(=O)c1ccc(NC(=O)COC(=O)[C@H](Cc2ccccc2)N2C(=O)[C@@H]3[C@H](C2=O)[C@H]2C=C[C@H]3C2)cc1. The molecule has 1 saturated heterocycles. The second-order valence-corrected chi connectivity index (χ2v) is 9.48. The van der Waals surface area contributed by atoms with Crippen molar-refractivity contribution in [2.45, 2.75) is 18.9 Å². The summed E-state index contributed by atoms with van der Waals surface area (Å²) in [6, 6.07) is 13.9. The van der Waals surface area contributed by atoms with Gasteiger partial charge in [-0.1, -0.05) is 42.5 Å². The number of nitrogens with one attached hydrogen (secondary N) is 1. The summed E-state index contributed by atoms with van der Waals surface area (Å²) in [4.78, 5) is 65.0. The second kappa shape index (κ2) is 10.0. The lowest BCUT2D eigenvalue weighted by atomic mass is 9.85. The van der Waals surface area contributed by atoms with E-state index in [1.165, 1.54) is 31.4 Å². The largest absolute Gasteiger partial charge is 0.465 e. The number of nitrogens with zero attached hydrogens (tertiary/aromatic N) is 1. The van der Waals surface area contributed by atoms with Gasteiger partial charge >= 0.3 is 11.9 Å². The van der Waals surface area contributed by atoms with Crippen LogP contribution in [0.3, 0.4) is 0 Å². The standard InChI is InChI=1S/C28H26N2O7/c1-36-27(34)17-9-11-20(12-10-17)29-22(31)15-37-28(35)21(13-16-5-3-2-4-6-16)30-25(32)23-18-7-8-19(14-18)24(23)26(30)33/h2-12,18-19,21,23-24H,13-15H2,1H3,(H,29,31)/t18-,19-,21-,23-,24+/m0/s1. The van der Waals surface area contributed by atoms with Gasteiger partial charge in [0, 0.05) is 12.1 Å². The average molecular weight is 503 g/mol. The number of fused-ring (bicyclic) bond motifs is 5. The fourth-order valence-corrected chi connectivity index (χ4v) is 5.59. The number of carbonyl (C=O) groups is 5. The van der Waals surface area contributed by atoms with Gasteiger partial charge in [0.1, 0.15) is 6.04 Å². The van der Waals surface area contributed by atoms with Gasteiger partial charge in [-0.2, -0.15) is 0 Å². The van der Waals surface area contributed by atoms with Gasteiger partial charge in [-0.05, 0) is 48.1 Å². The van der Waals surface area contributed by atoms with Gasteiger partial charge in [-0.25, -0.2) is 9.59 Å². The molecule has 1 heterocycles. The third-order valence-electron chi connectivity index (χ3n) is 7.30. The number of likely N-dealkylation sites (tertiary alicyclic amines) is 1. The Balaban J connectivity index is 1.27. The first-order valence-electron chi connectivity index (χ1n) is 12.1. The van der Waals surface area contributed by atoms with E-state index < -0.39 is 42.3 Å². The zero-order valence-electron chi connectivity index (χ0n) is 20.2. The number of esters is 2. The van der Waals surface area contributed by atoms with Gasteiger partial charge in [0.15, 0.2) is 6.61 Å². The molecule has 9 nitrogen and oxygen atoms in total. The number of carbonyl (C=O) groups excluding carboxylic acids is 5. The van der Waals surface area contributed by atoms with E-state index in [1.807, 2.05) is 42.5 Å². The Hall–Kier alpha value is -4.27. The molecule has 2 fully saturated rings.